The summed E-state index contributed by atoms with van der Waals surface area (Å²) < 4.78 is 0. The van der Waals surface area contributed by atoms with Crippen LogP contribution in [-0.4, -0.2) is 5.78 Å². The molecule has 0 bridgehead atoms. The van der Waals surface area contributed by atoms with Crippen LogP contribution in [0.5, 0.6) is 0 Å². The highest BCUT2D eigenvalue weighted by molar-refractivity contribution is 6.08. The van der Waals surface area contributed by atoms with Gasteiger partial charge in [0, 0.05) is 5.56 Å². The molecule has 0 aliphatic heterocycles. The van der Waals surface area contributed by atoms with Crippen molar-refractivity contribution in [3.05, 3.63) is 70.3 Å². The van der Waals surface area contributed by atoms with Gasteiger partial charge in [-0.05, 0) is 55.5 Å². The summed E-state index contributed by atoms with van der Waals surface area (Å²) in [6, 6.07) is 14.4. The molecular formula is C18H18O. The van der Waals surface area contributed by atoms with Gasteiger partial charge in [-0.3, -0.25) is 4.79 Å². The number of ketones is 1. The quantitative estimate of drug-likeness (QED) is 0.747. The number of aryl methyl sites for hydroxylation is 2. The third-order valence-electron chi connectivity index (χ3n) is 4.42. The van der Waals surface area contributed by atoms with E-state index < -0.39 is 5.41 Å². The lowest BCUT2D eigenvalue weighted by molar-refractivity contribution is 0.0915. The minimum Gasteiger partial charge on any atom is -0.293 e. The molecule has 19 heavy (non-hydrogen) atoms. The first-order valence-electron chi connectivity index (χ1n) is 6.73. The average molecular weight is 250 g/mol. The second kappa shape index (κ2) is 4.06. The highest BCUT2D eigenvalue weighted by Gasteiger charge is 2.42. The van der Waals surface area contributed by atoms with E-state index in [2.05, 4.69) is 45.0 Å². The maximum atomic E-state index is 12.8. The SMILES string of the molecule is Cc1cc2c(cc1C)C(=O)C(C)(c1ccccc1)C2. The largest absolute Gasteiger partial charge is 0.293 e. The lowest BCUT2D eigenvalue weighted by Crippen LogP contribution is -2.29. The number of benzene rings is 2. The molecule has 2 aromatic rings. The second-order valence-electron chi connectivity index (χ2n) is 5.80. The van der Waals surface area contributed by atoms with E-state index in [0.29, 0.717) is 0 Å². The van der Waals surface area contributed by atoms with E-state index in [0.717, 1.165) is 17.5 Å². The van der Waals surface area contributed by atoms with Crippen molar-refractivity contribution >= 4 is 5.78 Å². The summed E-state index contributed by atoms with van der Waals surface area (Å²) in [7, 11) is 0. The van der Waals surface area contributed by atoms with Gasteiger partial charge in [-0.1, -0.05) is 36.4 Å². The molecule has 1 atom stereocenters. The number of carbonyl (C=O) groups excluding carboxylic acids is 1. The third-order valence-corrected chi connectivity index (χ3v) is 4.42. The molecule has 1 nitrogen and oxygen atoms in total. The molecule has 0 heterocycles. The summed E-state index contributed by atoms with van der Waals surface area (Å²) in [6.45, 7) is 6.24. The first kappa shape index (κ1) is 12.2. The van der Waals surface area contributed by atoms with E-state index >= 15 is 0 Å². The highest BCUT2D eigenvalue weighted by atomic mass is 16.1. The first-order chi connectivity index (χ1) is 9.02. The van der Waals surface area contributed by atoms with E-state index in [1.165, 1.54) is 16.7 Å². The Morgan fingerprint density at radius 1 is 1.00 bits per heavy atom. The Kier molecular flexibility index (Phi) is 2.60. The summed E-state index contributed by atoms with van der Waals surface area (Å²) in [4.78, 5) is 12.8. The Balaban J connectivity index is 2.13. The number of fused-ring (bicyclic) bond motifs is 1. The van der Waals surface area contributed by atoms with Gasteiger partial charge in [-0.15, -0.1) is 0 Å². The molecule has 0 radical (unpaired) electrons. The van der Waals surface area contributed by atoms with Crippen LogP contribution in [0.25, 0.3) is 0 Å². The van der Waals surface area contributed by atoms with Gasteiger partial charge in [0.15, 0.2) is 5.78 Å². The topological polar surface area (TPSA) is 17.1 Å². The molecule has 1 aliphatic carbocycles. The van der Waals surface area contributed by atoms with Crippen molar-refractivity contribution in [2.24, 2.45) is 0 Å². The summed E-state index contributed by atoms with van der Waals surface area (Å²) in [6.07, 6.45) is 0.812. The third kappa shape index (κ3) is 1.73. The van der Waals surface area contributed by atoms with E-state index in [9.17, 15) is 4.79 Å². The van der Waals surface area contributed by atoms with E-state index in [1.807, 2.05) is 18.2 Å². The van der Waals surface area contributed by atoms with E-state index in [1.54, 1.807) is 0 Å². The van der Waals surface area contributed by atoms with Gasteiger partial charge >= 0.3 is 0 Å². The van der Waals surface area contributed by atoms with E-state index in [-0.39, 0.29) is 5.78 Å². The molecule has 96 valence electrons. The maximum Gasteiger partial charge on any atom is 0.173 e. The standard InChI is InChI=1S/C18H18O/c1-12-9-14-11-18(3,15-7-5-4-6-8-15)17(19)16(14)10-13(12)2/h4-10H,11H2,1-3H3. The smallest absolute Gasteiger partial charge is 0.173 e. The molecule has 3 rings (SSSR count). The fourth-order valence-electron chi connectivity index (χ4n) is 3.03. The summed E-state index contributed by atoms with van der Waals surface area (Å²) >= 11 is 0. The minimum absolute atomic E-state index is 0.261. The summed E-state index contributed by atoms with van der Waals surface area (Å²) in [5.41, 5.74) is 5.29. The van der Waals surface area contributed by atoms with Crippen molar-refractivity contribution < 1.29 is 4.79 Å². The van der Waals surface area contributed by atoms with Gasteiger partial charge in [0.05, 0.1) is 5.41 Å². The normalized spacial score (nSPS) is 21.5. The number of hydrogen-bond donors (Lipinski definition) is 0. The Labute approximate surface area is 114 Å². The Morgan fingerprint density at radius 3 is 2.32 bits per heavy atom. The van der Waals surface area contributed by atoms with Crippen molar-refractivity contribution in [1.82, 2.24) is 0 Å². The Hall–Kier alpha value is -1.89. The molecule has 0 N–H and O–H groups in total. The maximum absolute atomic E-state index is 12.8. The van der Waals surface area contributed by atoms with Crippen molar-refractivity contribution in [3.63, 3.8) is 0 Å². The molecule has 0 saturated carbocycles. The van der Waals surface area contributed by atoms with Crippen LogP contribution in [0.2, 0.25) is 0 Å². The van der Waals surface area contributed by atoms with Gasteiger partial charge in [-0.25, -0.2) is 0 Å². The van der Waals surface area contributed by atoms with Crippen LogP contribution < -0.4 is 0 Å². The van der Waals surface area contributed by atoms with Crippen LogP contribution in [-0.2, 0) is 11.8 Å². The van der Waals surface area contributed by atoms with Gasteiger partial charge in [-0.2, -0.15) is 0 Å². The Bertz CT molecular complexity index is 655. The lowest BCUT2D eigenvalue weighted by Gasteiger charge is -2.22. The predicted molar refractivity (Wildman–Crippen MR) is 77.7 cm³/mol. The minimum atomic E-state index is -0.399. The average Bonchev–Trinajstić information content (AvgIpc) is 2.65. The van der Waals surface area contributed by atoms with Crippen LogP contribution in [0, 0.1) is 13.8 Å². The molecular weight excluding hydrogens is 232 g/mol. The van der Waals surface area contributed by atoms with Crippen LogP contribution in [0.1, 0.15) is 39.5 Å². The van der Waals surface area contributed by atoms with Crippen LogP contribution >= 0.6 is 0 Å². The number of carbonyl (C=O) groups is 1. The van der Waals surface area contributed by atoms with Crippen LogP contribution in [0.3, 0.4) is 0 Å². The molecule has 0 aromatic heterocycles. The fraction of sp³-hybridized carbons (Fsp3) is 0.278. The molecule has 1 heteroatoms. The molecule has 2 aromatic carbocycles. The molecule has 0 saturated heterocycles. The fourth-order valence-corrected chi connectivity index (χ4v) is 3.03. The molecule has 0 spiro atoms. The monoisotopic (exact) mass is 250 g/mol. The second-order valence-corrected chi connectivity index (χ2v) is 5.80. The summed E-state index contributed by atoms with van der Waals surface area (Å²) in [5, 5.41) is 0. The number of hydrogen-bond acceptors (Lipinski definition) is 1. The first-order valence-corrected chi connectivity index (χ1v) is 6.73. The van der Waals surface area contributed by atoms with Crippen LogP contribution in [0.15, 0.2) is 42.5 Å². The zero-order valence-corrected chi connectivity index (χ0v) is 11.7. The van der Waals surface area contributed by atoms with Crippen molar-refractivity contribution in [3.8, 4) is 0 Å². The van der Waals surface area contributed by atoms with Gasteiger partial charge < -0.3 is 0 Å². The predicted octanol–water partition coefficient (Wildman–Crippen LogP) is 4.00. The zero-order valence-electron chi connectivity index (χ0n) is 11.7. The highest BCUT2D eigenvalue weighted by Crippen LogP contribution is 2.40. The summed E-state index contributed by atoms with van der Waals surface area (Å²) in [5.74, 6) is 0.261. The molecule has 0 amide bonds. The zero-order chi connectivity index (χ0) is 13.6. The van der Waals surface area contributed by atoms with Crippen molar-refractivity contribution in [2.75, 3.05) is 0 Å². The van der Waals surface area contributed by atoms with Gasteiger partial charge in [0.1, 0.15) is 0 Å². The van der Waals surface area contributed by atoms with Crippen molar-refractivity contribution in [1.29, 1.82) is 0 Å². The molecule has 1 unspecified atom stereocenters. The van der Waals surface area contributed by atoms with E-state index in [4.69, 9.17) is 0 Å². The molecule has 1 aliphatic rings. The van der Waals surface area contributed by atoms with Crippen LogP contribution in [0.4, 0.5) is 0 Å². The molecule has 0 fully saturated rings. The Morgan fingerprint density at radius 2 is 1.63 bits per heavy atom. The van der Waals surface area contributed by atoms with Gasteiger partial charge in [0.25, 0.3) is 0 Å². The van der Waals surface area contributed by atoms with Crippen molar-refractivity contribution in [2.45, 2.75) is 32.6 Å². The lowest BCUT2D eigenvalue weighted by atomic mass is 9.79. The van der Waals surface area contributed by atoms with Gasteiger partial charge in [0.2, 0.25) is 0 Å². The number of Topliss-reactive ketones (excluding diaryl/α,β-unsaturated/α-hetero) is 1. The number of rotatable bonds is 1.